The van der Waals surface area contributed by atoms with Crippen LogP contribution in [0.4, 0.5) is 0 Å². The molecule has 194 valence electrons. The number of unbranched alkanes of at least 4 members (excludes halogenated alkanes) is 18. The zero-order valence-corrected chi connectivity index (χ0v) is 22.5. The average Bonchev–Trinajstić information content (AvgIpc) is 2.76. The molecule has 0 unspecified atom stereocenters. The number of aliphatic carboxylic acids is 2. The van der Waals surface area contributed by atoms with Gasteiger partial charge in [-0.3, -0.25) is 0 Å². The molecule has 33 heavy (non-hydrogen) atoms. The number of allylic oxidation sites excluding steroid dienone is 2. The Balaban J connectivity index is -0.000000529. The van der Waals surface area contributed by atoms with Crippen LogP contribution in [-0.4, -0.2) is 11.9 Å². The molecule has 0 aromatic carbocycles. The van der Waals surface area contributed by atoms with Crippen molar-refractivity contribution in [3.8, 4) is 0 Å². The Bertz CT molecular complexity index is 419. The molecule has 0 saturated carbocycles. The summed E-state index contributed by atoms with van der Waals surface area (Å²) in [7, 11) is 0. The van der Waals surface area contributed by atoms with Crippen molar-refractivity contribution in [2.75, 3.05) is 0 Å². The molecule has 0 bridgehead atoms. The molecule has 0 saturated heterocycles. The summed E-state index contributed by atoms with van der Waals surface area (Å²) in [4.78, 5) is 20.1. The van der Waals surface area contributed by atoms with E-state index in [-0.39, 0.29) is 17.1 Å². The van der Waals surface area contributed by atoms with Crippen molar-refractivity contribution in [3.05, 3.63) is 24.3 Å². The van der Waals surface area contributed by atoms with E-state index in [0.29, 0.717) is 0 Å². The average molecular weight is 507 g/mol. The van der Waals surface area contributed by atoms with Gasteiger partial charge in [0.2, 0.25) is 0 Å². The van der Waals surface area contributed by atoms with Crippen LogP contribution in [0.2, 0.25) is 0 Å². The Kier molecular flexibility index (Phi) is 36.6. The van der Waals surface area contributed by atoms with Gasteiger partial charge in [-0.25, -0.2) is 0 Å². The number of carboxylic acids is 2. The van der Waals surface area contributed by atoms with Crippen molar-refractivity contribution in [3.63, 3.8) is 0 Å². The van der Waals surface area contributed by atoms with Crippen LogP contribution < -0.4 is 10.2 Å². The fourth-order valence-corrected chi connectivity index (χ4v) is 3.50. The van der Waals surface area contributed by atoms with Crippen LogP contribution in [0.15, 0.2) is 24.3 Å². The predicted molar refractivity (Wildman–Crippen MR) is 132 cm³/mol. The first-order valence-corrected chi connectivity index (χ1v) is 13.3. The molecule has 0 aromatic rings. The van der Waals surface area contributed by atoms with Crippen LogP contribution in [0.5, 0.6) is 0 Å². The number of carbonyl (C=O) groups is 2. The third kappa shape index (κ3) is 41.7. The summed E-state index contributed by atoms with van der Waals surface area (Å²) in [5.41, 5.74) is 0. The molecule has 0 N–H and O–H groups in total. The minimum Gasteiger partial charge on any atom is -0.545 e. The van der Waals surface area contributed by atoms with E-state index in [9.17, 15) is 19.8 Å². The van der Waals surface area contributed by atoms with Crippen molar-refractivity contribution in [2.45, 2.75) is 142 Å². The predicted octanol–water partition coefficient (Wildman–Crippen LogP) is 6.42. The fraction of sp³-hybridized carbons (Fsp3) is 0.786. The molecule has 0 aliphatic heterocycles. The second kappa shape index (κ2) is 33.1. The van der Waals surface area contributed by atoms with Gasteiger partial charge in [0.15, 0.2) is 0 Å². The quantitative estimate of drug-likeness (QED) is 0.0964. The van der Waals surface area contributed by atoms with Gasteiger partial charge in [-0.05, 0) is 37.8 Å². The van der Waals surface area contributed by atoms with Crippen molar-refractivity contribution in [1.82, 2.24) is 0 Å². The summed E-state index contributed by atoms with van der Waals surface area (Å²) in [5.74, 6) is -2.17. The van der Waals surface area contributed by atoms with Gasteiger partial charge in [0.05, 0.1) is 11.9 Å². The fourth-order valence-electron chi connectivity index (χ4n) is 3.50. The van der Waals surface area contributed by atoms with E-state index >= 15 is 0 Å². The summed E-state index contributed by atoms with van der Waals surface area (Å²) < 4.78 is 0. The number of hydrogen-bond donors (Lipinski definition) is 0. The topological polar surface area (TPSA) is 80.3 Å². The Morgan fingerprint density at radius 2 is 0.727 bits per heavy atom. The molecular formula is C28H50FeO4. The summed E-state index contributed by atoms with van der Waals surface area (Å²) in [6, 6.07) is 0. The van der Waals surface area contributed by atoms with E-state index in [1.807, 2.05) is 0 Å². The molecule has 0 aromatic heterocycles. The minimum atomic E-state index is -1.09. The van der Waals surface area contributed by atoms with E-state index in [4.69, 9.17) is 0 Å². The van der Waals surface area contributed by atoms with E-state index in [1.165, 1.54) is 103 Å². The molecule has 5 heteroatoms. The molecular weight excluding hydrogens is 456 g/mol. The normalized spacial score (nSPS) is 10.7. The number of carbonyl (C=O) groups excluding carboxylic acids is 2. The molecule has 0 atom stereocenters. The number of rotatable bonds is 22. The van der Waals surface area contributed by atoms with Gasteiger partial charge in [0.1, 0.15) is 0 Å². The molecule has 0 radical (unpaired) electrons. The molecule has 4 nitrogen and oxygen atoms in total. The zero-order valence-electron chi connectivity index (χ0n) is 21.4. The molecule has 0 aliphatic rings. The Morgan fingerprint density at radius 3 is 0.970 bits per heavy atom. The van der Waals surface area contributed by atoms with Gasteiger partial charge in [0.25, 0.3) is 0 Å². The monoisotopic (exact) mass is 506 g/mol. The van der Waals surface area contributed by atoms with Crippen LogP contribution in [0, 0.1) is 0 Å². The first kappa shape index (κ1) is 36.5. The first-order valence-electron chi connectivity index (χ1n) is 13.3. The van der Waals surface area contributed by atoms with Gasteiger partial charge in [-0.1, -0.05) is 129 Å². The number of hydrogen-bond acceptors (Lipinski definition) is 4. The largest absolute Gasteiger partial charge is 2.00 e. The van der Waals surface area contributed by atoms with E-state index in [1.54, 1.807) is 12.2 Å². The van der Waals surface area contributed by atoms with Crippen LogP contribution in [0.3, 0.4) is 0 Å². The van der Waals surface area contributed by atoms with Gasteiger partial charge in [-0.2, -0.15) is 0 Å². The standard InChI is InChI=1S/2C14H26O2.Fe/c2*1-2-3-4-5-6-7-8-9-10-11-12-13-14(15)16;/h2*12-13H,2-11H2,1H3,(H,15,16);/q;;+2/p-2. The Hall–Kier alpha value is -1.06. The molecule has 0 aliphatic carbocycles. The maximum atomic E-state index is 10.1. The van der Waals surface area contributed by atoms with Gasteiger partial charge >= 0.3 is 17.1 Å². The third-order valence-electron chi connectivity index (χ3n) is 5.46. The van der Waals surface area contributed by atoms with Crippen molar-refractivity contribution in [1.29, 1.82) is 0 Å². The molecule has 0 fully saturated rings. The smallest absolute Gasteiger partial charge is 0.545 e. The van der Waals surface area contributed by atoms with Crippen molar-refractivity contribution in [2.24, 2.45) is 0 Å². The summed E-state index contributed by atoms with van der Waals surface area (Å²) in [5, 5.41) is 20.1. The van der Waals surface area contributed by atoms with E-state index in [2.05, 4.69) is 13.8 Å². The molecule has 0 spiro atoms. The number of carboxylic acid groups (broad SMARTS) is 2. The van der Waals surface area contributed by atoms with Crippen molar-refractivity contribution < 1.29 is 36.9 Å². The van der Waals surface area contributed by atoms with Gasteiger partial charge < -0.3 is 19.8 Å². The first-order chi connectivity index (χ1) is 15.5. The van der Waals surface area contributed by atoms with Crippen molar-refractivity contribution >= 4 is 11.9 Å². The maximum absolute atomic E-state index is 10.1. The molecule has 0 amide bonds. The van der Waals surface area contributed by atoms with Crippen LogP contribution in [-0.2, 0) is 26.7 Å². The Morgan fingerprint density at radius 1 is 0.485 bits per heavy atom. The zero-order chi connectivity index (χ0) is 24.1. The van der Waals surface area contributed by atoms with Gasteiger partial charge in [-0.15, -0.1) is 0 Å². The Labute approximate surface area is 215 Å². The maximum Gasteiger partial charge on any atom is 2.00 e. The van der Waals surface area contributed by atoms with E-state index < -0.39 is 11.9 Å². The summed E-state index contributed by atoms with van der Waals surface area (Å²) in [6.07, 6.45) is 30.8. The second-order valence-corrected chi connectivity index (χ2v) is 8.68. The van der Waals surface area contributed by atoms with E-state index in [0.717, 1.165) is 37.8 Å². The third-order valence-corrected chi connectivity index (χ3v) is 5.46. The molecule has 0 rings (SSSR count). The van der Waals surface area contributed by atoms with Crippen LogP contribution in [0.1, 0.15) is 142 Å². The van der Waals surface area contributed by atoms with Crippen LogP contribution in [0.25, 0.3) is 0 Å². The van der Waals surface area contributed by atoms with Crippen LogP contribution >= 0.6 is 0 Å². The summed E-state index contributed by atoms with van der Waals surface area (Å²) in [6.45, 7) is 4.47. The summed E-state index contributed by atoms with van der Waals surface area (Å²) >= 11 is 0. The SMILES string of the molecule is CCCCCCCCCCCC=CC(=O)[O-].CCCCCCCCCCCC=CC(=O)[O-].[Fe+2]. The minimum absolute atomic E-state index is 0. The molecule has 0 heterocycles. The second-order valence-electron chi connectivity index (χ2n) is 8.68. The van der Waals surface area contributed by atoms with Gasteiger partial charge in [0, 0.05) is 0 Å².